The zero-order chi connectivity index (χ0) is 10.8. The molecule has 0 bridgehead atoms. The highest BCUT2D eigenvalue weighted by atomic mass is 79.9. The Labute approximate surface area is 95.3 Å². The van der Waals surface area contributed by atoms with Crippen LogP contribution in [0, 0.1) is 0 Å². The van der Waals surface area contributed by atoms with E-state index in [0.29, 0.717) is 18.0 Å². The standard InChI is InChI=1S/C9H11BrN4O/c1-11-4-7(15)6-2-3-14-8(10)5-12-9(14)13-6/h2-3,5,7,11,15H,4H2,1H3. The third-order valence-electron chi connectivity index (χ3n) is 2.09. The van der Waals surface area contributed by atoms with Gasteiger partial charge in [0.2, 0.25) is 5.78 Å². The summed E-state index contributed by atoms with van der Waals surface area (Å²) in [5, 5.41) is 12.6. The van der Waals surface area contributed by atoms with Crippen molar-refractivity contribution in [1.82, 2.24) is 19.7 Å². The molecule has 80 valence electrons. The maximum atomic E-state index is 9.71. The number of nitrogens with zero attached hydrogens (tertiary/aromatic N) is 3. The first-order valence-corrected chi connectivity index (χ1v) is 5.34. The van der Waals surface area contributed by atoms with Gasteiger partial charge in [0.05, 0.1) is 11.9 Å². The first-order chi connectivity index (χ1) is 7.22. The molecule has 0 radical (unpaired) electrons. The van der Waals surface area contributed by atoms with Crippen LogP contribution < -0.4 is 5.32 Å². The molecule has 0 aromatic carbocycles. The molecule has 0 spiro atoms. The van der Waals surface area contributed by atoms with Gasteiger partial charge in [-0.3, -0.25) is 4.40 Å². The van der Waals surface area contributed by atoms with E-state index in [1.807, 2.05) is 6.20 Å². The monoisotopic (exact) mass is 270 g/mol. The summed E-state index contributed by atoms with van der Waals surface area (Å²) in [6.45, 7) is 0.477. The fraction of sp³-hybridized carbons (Fsp3) is 0.333. The van der Waals surface area contributed by atoms with Crippen LogP contribution in [0.4, 0.5) is 0 Å². The predicted octanol–water partition coefficient (Wildman–Crippen LogP) is 0.745. The minimum absolute atomic E-state index is 0.477. The summed E-state index contributed by atoms with van der Waals surface area (Å²) in [5.41, 5.74) is 0.620. The van der Waals surface area contributed by atoms with Crippen molar-refractivity contribution in [2.45, 2.75) is 6.10 Å². The van der Waals surface area contributed by atoms with Crippen molar-refractivity contribution in [1.29, 1.82) is 0 Å². The third kappa shape index (κ3) is 2.01. The number of aliphatic hydroxyl groups excluding tert-OH is 1. The topological polar surface area (TPSA) is 62.5 Å². The van der Waals surface area contributed by atoms with Crippen molar-refractivity contribution >= 4 is 21.7 Å². The van der Waals surface area contributed by atoms with Gasteiger partial charge in [-0.05, 0) is 29.0 Å². The molecule has 0 aliphatic heterocycles. The molecule has 2 N–H and O–H groups in total. The van der Waals surface area contributed by atoms with Gasteiger partial charge in [0.15, 0.2) is 0 Å². The Morgan fingerprint density at radius 2 is 2.47 bits per heavy atom. The summed E-state index contributed by atoms with van der Waals surface area (Å²) in [4.78, 5) is 8.34. The third-order valence-corrected chi connectivity index (χ3v) is 2.68. The lowest BCUT2D eigenvalue weighted by Crippen LogP contribution is -2.17. The van der Waals surface area contributed by atoms with Gasteiger partial charge in [-0.2, -0.15) is 0 Å². The van der Waals surface area contributed by atoms with Crippen molar-refractivity contribution in [3.05, 3.63) is 28.8 Å². The highest BCUT2D eigenvalue weighted by Crippen LogP contribution is 2.14. The first-order valence-electron chi connectivity index (χ1n) is 4.54. The fourth-order valence-electron chi connectivity index (χ4n) is 1.34. The van der Waals surface area contributed by atoms with E-state index in [-0.39, 0.29) is 0 Å². The maximum Gasteiger partial charge on any atom is 0.234 e. The molecule has 15 heavy (non-hydrogen) atoms. The van der Waals surface area contributed by atoms with Crippen LogP contribution in [-0.2, 0) is 0 Å². The number of imidazole rings is 1. The zero-order valence-corrected chi connectivity index (χ0v) is 9.77. The van der Waals surface area contributed by atoms with E-state index in [9.17, 15) is 5.11 Å². The number of hydrogen-bond donors (Lipinski definition) is 2. The number of hydrogen-bond acceptors (Lipinski definition) is 4. The van der Waals surface area contributed by atoms with Gasteiger partial charge in [0.25, 0.3) is 0 Å². The molecule has 0 saturated heterocycles. The summed E-state index contributed by atoms with van der Waals surface area (Å²) in [6, 6.07) is 1.78. The molecule has 6 heteroatoms. The van der Waals surface area contributed by atoms with Crippen molar-refractivity contribution in [3.8, 4) is 0 Å². The van der Waals surface area contributed by atoms with Crippen molar-refractivity contribution < 1.29 is 5.11 Å². The number of likely N-dealkylation sites (N-methyl/N-ethyl adjacent to an activating group) is 1. The molecule has 0 aliphatic rings. The van der Waals surface area contributed by atoms with Crippen LogP contribution in [-0.4, -0.2) is 33.1 Å². The van der Waals surface area contributed by atoms with Crippen LogP contribution >= 0.6 is 15.9 Å². The SMILES string of the molecule is CNCC(O)c1ccn2c(Br)cnc2n1. The molecular formula is C9H11BrN4O. The van der Waals surface area contributed by atoms with E-state index in [1.54, 1.807) is 23.7 Å². The molecule has 2 aromatic heterocycles. The quantitative estimate of drug-likeness (QED) is 0.864. The summed E-state index contributed by atoms with van der Waals surface area (Å²) in [5.74, 6) is 0.578. The van der Waals surface area contributed by atoms with E-state index < -0.39 is 6.10 Å². The normalized spacial score (nSPS) is 13.3. The minimum atomic E-state index is -0.601. The van der Waals surface area contributed by atoms with Crippen LogP contribution in [0.2, 0.25) is 0 Å². The van der Waals surface area contributed by atoms with E-state index in [4.69, 9.17) is 0 Å². The lowest BCUT2D eigenvalue weighted by atomic mass is 10.2. The van der Waals surface area contributed by atoms with Gasteiger partial charge in [-0.1, -0.05) is 0 Å². The van der Waals surface area contributed by atoms with E-state index in [0.717, 1.165) is 4.60 Å². The van der Waals surface area contributed by atoms with Crippen molar-refractivity contribution in [3.63, 3.8) is 0 Å². The molecule has 0 fully saturated rings. The number of fused-ring (bicyclic) bond motifs is 1. The second-order valence-corrected chi connectivity index (χ2v) is 3.99. The van der Waals surface area contributed by atoms with Crippen LogP contribution in [0.1, 0.15) is 11.8 Å². The van der Waals surface area contributed by atoms with E-state index in [1.165, 1.54) is 0 Å². The molecule has 1 atom stereocenters. The summed E-state index contributed by atoms with van der Waals surface area (Å²) >= 11 is 3.34. The van der Waals surface area contributed by atoms with Crippen molar-refractivity contribution in [2.24, 2.45) is 0 Å². The number of aromatic nitrogens is 3. The Balaban J connectivity index is 2.38. The van der Waals surface area contributed by atoms with Crippen molar-refractivity contribution in [2.75, 3.05) is 13.6 Å². The second kappa shape index (κ2) is 4.26. The smallest absolute Gasteiger partial charge is 0.234 e. The first kappa shape index (κ1) is 10.5. The number of halogens is 1. The molecule has 2 rings (SSSR count). The molecule has 1 unspecified atom stereocenters. The maximum absolute atomic E-state index is 9.71. The second-order valence-electron chi connectivity index (χ2n) is 3.18. The number of nitrogens with one attached hydrogen (secondary N) is 1. The molecule has 2 heterocycles. The highest BCUT2D eigenvalue weighted by molar-refractivity contribution is 9.10. The summed E-state index contributed by atoms with van der Waals surface area (Å²) in [7, 11) is 1.79. The summed E-state index contributed by atoms with van der Waals surface area (Å²) < 4.78 is 2.65. The lowest BCUT2D eigenvalue weighted by Gasteiger charge is -2.08. The molecule has 0 saturated carbocycles. The van der Waals surface area contributed by atoms with Crippen LogP contribution in [0.5, 0.6) is 0 Å². The Kier molecular flexibility index (Phi) is 2.99. The molecular weight excluding hydrogens is 260 g/mol. The summed E-state index contributed by atoms with van der Waals surface area (Å²) in [6.07, 6.45) is 2.90. The van der Waals surface area contributed by atoms with Gasteiger partial charge in [0, 0.05) is 12.7 Å². The predicted molar refractivity (Wildman–Crippen MR) is 59.6 cm³/mol. The highest BCUT2D eigenvalue weighted by Gasteiger charge is 2.09. The number of aliphatic hydroxyl groups is 1. The van der Waals surface area contributed by atoms with E-state index in [2.05, 4.69) is 31.2 Å². The molecule has 0 aliphatic carbocycles. The van der Waals surface area contributed by atoms with Gasteiger partial charge < -0.3 is 10.4 Å². The number of rotatable bonds is 3. The van der Waals surface area contributed by atoms with Crippen LogP contribution in [0.15, 0.2) is 23.1 Å². The molecule has 2 aromatic rings. The van der Waals surface area contributed by atoms with E-state index >= 15 is 0 Å². The molecule has 5 nitrogen and oxygen atoms in total. The fourth-order valence-corrected chi connectivity index (χ4v) is 1.72. The Morgan fingerprint density at radius 3 is 3.20 bits per heavy atom. The Hall–Kier alpha value is -0.980. The van der Waals surface area contributed by atoms with Crippen LogP contribution in [0.25, 0.3) is 5.78 Å². The average molecular weight is 271 g/mol. The van der Waals surface area contributed by atoms with Gasteiger partial charge in [0.1, 0.15) is 10.7 Å². The van der Waals surface area contributed by atoms with Crippen LogP contribution in [0.3, 0.4) is 0 Å². The van der Waals surface area contributed by atoms with Gasteiger partial charge in [-0.25, -0.2) is 9.97 Å². The van der Waals surface area contributed by atoms with Gasteiger partial charge in [-0.15, -0.1) is 0 Å². The Bertz CT molecular complexity index is 470. The van der Waals surface area contributed by atoms with Gasteiger partial charge >= 0.3 is 0 Å². The average Bonchev–Trinajstić information content (AvgIpc) is 2.60. The Morgan fingerprint density at radius 1 is 1.67 bits per heavy atom. The lowest BCUT2D eigenvalue weighted by molar-refractivity contribution is 0.173. The largest absolute Gasteiger partial charge is 0.385 e. The minimum Gasteiger partial charge on any atom is -0.385 e. The zero-order valence-electron chi connectivity index (χ0n) is 8.18. The molecule has 0 amide bonds.